The first-order valence-corrected chi connectivity index (χ1v) is 4.45. The van der Waals surface area contributed by atoms with E-state index >= 15 is 0 Å². The first-order chi connectivity index (χ1) is 4.97. The Labute approximate surface area is 65.3 Å². The summed E-state index contributed by atoms with van der Waals surface area (Å²) in [4.78, 5) is 0. The van der Waals surface area contributed by atoms with E-state index in [9.17, 15) is 8.42 Å². The lowest BCUT2D eigenvalue weighted by atomic mass is 9.95. The lowest BCUT2D eigenvalue weighted by molar-refractivity contribution is -0.00153. The quantitative estimate of drug-likeness (QED) is 0.579. The van der Waals surface area contributed by atoms with Gasteiger partial charge < -0.3 is 5.11 Å². The number of aliphatic hydroxyl groups is 1. The Hall–Kier alpha value is -0.170. The Balaban J connectivity index is 2.62. The molecule has 0 atom stereocenters. The van der Waals surface area contributed by atoms with Gasteiger partial charge in [0.1, 0.15) is 0 Å². The fraction of sp³-hybridized carbons (Fsp3) is 1.00. The molecule has 1 N–H and O–H groups in total. The predicted octanol–water partition coefficient (Wildman–Crippen LogP) is -0.723. The van der Waals surface area contributed by atoms with Gasteiger partial charge in [-0.2, -0.15) is 8.42 Å². The molecule has 1 heterocycles. The summed E-state index contributed by atoms with van der Waals surface area (Å²) in [5, 5.41) is 8.77. The summed E-state index contributed by atoms with van der Waals surface area (Å²) in [7, 11) is -3.78. The van der Waals surface area contributed by atoms with Crippen molar-refractivity contribution in [3.63, 3.8) is 0 Å². The number of hydrogen-bond acceptors (Lipinski definition) is 5. The standard InChI is InChI=1S/C5H10O5S/c1-5(2-6)3-9-11(7,8)10-4-5/h6H,2-4H2,1H3. The monoisotopic (exact) mass is 182 g/mol. The third kappa shape index (κ3) is 2.13. The molecular formula is C5H10O5S. The van der Waals surface area contributed by atoms with Crippen molar-refractivity contribution in [2.24, 2.45) is 5.41 Å². The van der Waals surface area contributed by atoms with Crippen LogP contribution in [0.4, 0.5) is 0 Å². The largest absolute Gasteiger partial charge is 0.399 e. The van der Waals surface area contributed by atoms with E-state index in [0.29, 0.717) is 0 Å². The van der Waals surface area contributed by atoms with Gasteiger partial charge in [0, 0.05) is 5.41 Å². The molecule has 0 aromatic rings. The molecule has 0 amide bonds. The minimum Gasteiger partial charge on any atom is -0.396 e. The Morgan fingerprint density at radius 3 is 2.27 bits per heavy atom. The number of hydrogen-bond donors (Lipinski definition) is 1. The van der Waals surface area contributed by atoms with Crippen LogP contribution in [0, 0.1) is 5.41 Å². The molecule has 0 aromatic heterocycles. The predicted molar refractivity (Wildman–Crippen MR) is 36.0 cm³/mol. The van der Waals surface area contributed by atoms with Crippen LogP contribution in [0.5, 0.6) is 0 Å². The summed E-state index contributed by atoms with van der Waals surface area (Å²) in [6.45, 7) is 1.49. The van der Waals surface area contributed by atoms with E-state index in [1.165, 1.54) is 0 Å². The summed E-state index contributed by atoms with van der Waals surface area (Å²) in [6, 6.07) is 0. The van der Waals surface area contributed by atoms with Gasteiger partial charge in [-0.3, -0.25) is 0 Å². The summed E-state index contributed by atoms with van der Waals surface area (Å²) >= 11 is 0. The lowest BCUT2D eigenvalue weighted by Crippen LogP contribution is -2.39. The second-order valence-corrected chi connectivity index (χ2v) is 4.19. The minimum atomic E-state index is -3.78. The highest BCUT2D eigenvalue weighted by molar-refractivity contribution is 7.81. The van der Waals surface area contributed by atoms with Crippen LogP contribution in [0.25, 0.3) is 0 Å². The van der Waals surface area contributed by atoms with Gasteiger partial charge in [0.05, 0.1) is 19.8 Å². The van der Waals surface area contributed by atoms with Crippen LogP contribution in [-0.2, 0) is 18.8 Å². The summed E-state index contributed by atoms with van der Waals surface area (Å²) in [5.41, 5.74) is -0.592. The lowest BCUT2D eigenvalue weighted by Gasteiger charge is -2.29. The van der Waals surface area contributed by atoms with Crippen LogP contribution >= 0.6 is 0 Å². The van der Waals surface area contributed by atoms with E-state index < -0.39 is 15.8 Å². The van der Waals surface area contributed by atoms with Crippen LogP contribution < -0.4 is 0 Å². The van der Waals surface area contributed by atoms with Crippen molar-refractivity contribution in [2.75, 3.05) is 19.8 Å². The van der Waals surface area contributed by atoms with E-state index in [1.54, 1.807) is 6.92 Å². The maximum absolute atomic E-state index is 10.5. The zero-order valence-electron chi connectivity index (χ0n) is 6.11. The number of rotatable bonds is 1. The Kier molecular flexibility index (Phi) is 2.19. The molecule has 0 bridgehead atoms. The molecule has 1 fully saturated rings. The summed E-state index contributed by atoms with van der Waals surface area (Å²) in [6.07, 6.45) is 0. The highest BCUT2D eigenvalue weighted by atomic mass is 32.3. The second-order valence-electron chi connectivity index (χ2n) is 2.90. The van der Waals surface area contributed by atoms with Crippen LogP contribution in [0.15, 0.2) is 0 Å². The van der Waals surface area contributed by atoms with Crippen molar-refractivity contribution >= 4 is 10.4 Å². The molecular weight excluding hydrogens is 172 g/mol. The van der Waals surface area contributed by atoms with E-state index in [1.807, 2.05) is 0 Å². The third-order valence-corrected chi connectivity index (χ3v) is 2.30. The molecule has 0 saturated carbocycles. The van der Waals surface area contributed by atoms with E-state index in [-0.39, 0.29) is 19.8 Å². The van der Waals surface area contributed by atoms with Gasteiger partial charge in [-0.25, -0.2) is 8.37 Å². The van der Waals surface area contributed by atoms with Crippen molar-refractivity contribution in [1.82, 2.24) is 0 Å². The van der Waals surface area contributed by atoms with Crippen molar-refractivity contribution < 1.29 is 21.9 Å². The number of aliphatic hydroxyl groups excluding tert-OH is 1. The van der Waals surface area contributed by atoms with Crippen molar-refractivity contribution in [1.29, 1.82) is 0 Å². The van der Waals surface area contributed by atoms with Crippen molar-refractivity contribution in [3.05, 3.63) is 0 Å². The fourth-order valence-electron chi connectivity index (χ4n) is 0.596. The average Bonchev–Trinajstić information content (AvgIpc) is 1.97. The maximum Gasteiger partial charge on any atom is 0.399 e. The van der Waals surface area contributed by atoms with Crippen molar-refractivity contribution in [3.8, 4) is 0 Å². The first kappa shape index (κ1) is 8.92. The molecule has 11 heavy (non-hydrogen) atoms. The Bertz CT molecular complexity index is 217. The molecule has 6 heteroatoms. The van der Waals surface area contributed by atoms with Gasteiger partial charge in [0.15, 0.2) is 0 Å². The summed E-state index contributed by atoms with van der Waals surface area (Å²) < 4.78 is 29.8. The average molecular weight is 182 g/mol. The van der Waals surface area contributed by atoms with Gasteiger partial charge in [0.25, 0.3) is 0 Å². The van der Waals surface area contributed by atoms with Gasteiger partial charge in [0.2, 0.25) is 0 Å². The summed E-state index contributed by atoms with van der Waals surface area (Å²) in [5.74, 6) is 0. The van der Waals surface area contributed by atoms with Crippen LogP contribution in [0.3, 0.4) is 0 Å². The molecule has 66 valence electrons. The molecule has 1 aliphatic heterocycles. The van der Waals surface area contributed by atoms with Gasteiger partial charge in [-0.15, -0.1) is 0 Å². The molecule has 0 aromatic carbocycles. The molecule has 1 saturated heterocycles. The SMILES string of the molecule is CC1(CO)COS(=O)(=O)OC1. The topological polar surface area (TPSA) is 72.8 Å². The molecule has 0 radical (unpaired) electrons. The van der Waals surface area contributed by atoms with Gasteiger partial charge >= 0.3 is 10.4 Å². The molecule has 1 rings (SSSR count). The fourth-order valence-corrected chi connectivity index (χ4v) is 1.52. The molecule has 5 nitrogen and oxygen atoms in total. The highest BCUT2D eigenvalue weighted by Crippen LogP contribution is 2.23. The molecule has 0 spiro atoms. The minimum absolute atomic E-state index is 0.0220. The normalized spacial score (nSPS) is 28.2. The van der Waals surface area contributed by atoms with Crippen molar-refractivity contribution in [2.45, 2.75) is 6.92 Å². The first-order valence-electron chi connectivity index (χ1n) is 3.12. The zero-order valence-corrected chi connectivity index (χ0v) is 6.93. The second kappa shape index (κ2) is 2.71. The van der Waals surface area contributed by atoms with E-state index in [4.69, 9.17) is 5.11 Å². The Morgan fingerprint density at radius 2 is 1.91 bits per heavy atom. The van der Waals surface area contributed by atoms with Crippen LogP contribution in [-0.4, -0.2) is 33.3 Å². The zero-order chi connectivity index (χ0) is 8.54. The van der Waals surface area contributed by atoms with E-state index in [2.05, 4.69) is 8.37 Å². The maximum atomic E-state index is 10.5. The Morgan fingerprint density at radius 1 is 1.45 bits per heavy atom. The van der Waals surface area contributed by atoms with Gasteiger partial charge in [-0.05, 0) is 0 Å². The van der Waals surface area contributed by atoms with Crippen LogP contribution in [0.1, 0.15) is 6.92 Å². The third-order valence-electron chi connectivity index (χ3n) is 1.49. The highest BCUT2D eigenvalue weighted by Gasteiger charge is 2.34. The molecule has 0 unspecified atom stereocenters. The molecule has 1 aliphatic rings. The smallest absolute Gasteiger partial charge is 0.396 e. The van der Waals surface area contributed by atoms with E-state index in [0.717, 1.165) is 0 Å². The van der Waals surface area contributed by atoms with Gasteiger partial charge in [-0.1, -0.05) is 6.92 Å². The van der Waals surface area contributed by atoms with Crippen LogP contribution in [0.2, 0.25) is 0 Å². The molecule has 0 aliphatic carbocycles.